The van der Waals surface area contributed by atoms with Crippen LogP contribution >= 0.6 is 23.5 Å². The van der Waals surface area contributed by atoms with Crippen LogP contribution in [0.5, 0.6) is 0 Å². The van der Waals surface area contributed by atoms with Gasteiger partial charge < -0.3 is 15.4 Å². The molecule has 0 aromatic carbocycles. The molecule has 0 aliphatic carbocycles. The van der Waals surface area contributed by atoms with E-state index in [1.54, 1.807) is 0 Å². The summed E-state index contributed by atoms with van der Waals surface area (Å²) in [5.74, 6) is 3.62. The van der Waals surface area contributed by atoms with Crippen LogP contribution in [0.3, 0.4) is 0 Å². The number of carbonyl (C=O) groups is 1. The van der Waals surface area contributed by atoms with E-state index in [0.717, 1.165) is 50.5 Å². The molecule has 0 spiro atoms. The molecule has 110 valence electrons. The Labute approximate surface area is 124 Å². The summed E-state index contributed by atoms with van der Waals surface area (Å²) in [4.78, 5) is 14.4. The van der Waals surface area contributed by atoms with Crippen molar-refractivity contribution in [3.63, 3.8) is 0 Å². The second-order valence-corrected chi connectivity index (χ2v) is 7.43. The van der Waals surface area contributed by atoms with Crippen molar-refractivity contribution in [2.75, 3.05) is 43.5 Å². The Morgan fingerprint density at radius 3 is 2.74 bits per heavy atom. The standard InChI is InChI=1S/C13H24N2O2S2/c14-4-1-7-17-11-2-5-15(6-3-11)13(16)12-10-18-8-9-19-12/h11-12H,1-10,14H2. The third-order valence-electron chi connectivity index (χ3n) is 3.55. The van der Waals surface area contributed by atoms with Crippen LogP contribution in [0.4, 0.5) is 0 Å². The molecule has 2 aliphatic rings. The number of carbonyl (C=O) groups excluding carboxylic acids is 1. The van der Waals surface area contributed by atoms with Crippen LogP contribution in [-0.4, -0.2) is 65.7 Å². The van der Waals surface area contributed by atoms with Crippen molar-refractivity contribution in [3.05, 3.63) is 0 Å². The Morgan fingerprint density at radius 1 is 1.32 bits per heavy atom. The number of ether oxygens (including phenoxy) is 1. The van der Waals surface area contributed by atoms with E-state index >= 15 is 0 Å². The Morgan fingerprint density at radius 2 is 2.11 bits per heavy atom. The fraction of sp³-hybridized carbons (Fsp3) is 0.923. The van der Waals surface area contributed by atoms with E-state index in [0.29, 0.717) is 18.6 Å². The normalized spacial score (nSPS) is 25.5. The molecule has 0 radical (unpaired) electrons. The lowest BCUT2D eigenvalue weighted by Gasteiger charge is -2.34. The number of piperidine rings is 1. The van der Waals surface area contributed by atoms with Crippen molar-refractivity contribution in [1.29, 1.82) is 0 Å². The van der Waals surface area contributed by atoms with Crippen LogP contribution in [0, 0.1) is 0 Å². The smallest absolute Gasteiger partial charge is 0.236 e. The summed E-state index contributed by atoms with van der Waals surface area (Å²) in [6, 6.07) is 0. The molecule has 2 saturated heterocycles. The van der Waals surface area contributed by atoms with Crippen LogP contribution in [-0.2, 0) is 9.53 Å². The van der Waals surface area contributed by atoms with Crippen LogP contribution in [0.15, 0.2) is 0 Å². The summed E-state index contributed by atoms with van der Waals surface area (Å²) in [5.41, 5.74) is 5.45. The number of nitrogens with two attached hydrogens (primary N) is 1. The van der Waals surface area contributed by atoms with Crippen LogP contribution < -0.4 is 5.73 Å². The van der Waals surface area contributed by atoms with Gasteiger partial charge in [-0.1, -0.05) is 0 Å². The highest BCUT2D eigenvalue weighted by Crippen LogP contribution is 2.26. The molecule has 6 heteroatoms. The average Bonchev–Trinajstić information content (AvgIpc) is 2.48. The molecular formula is C13H24N2O2S2. The molecule has 19 heavy (non-hydrogen) atoms. The van der Waals surface area contributed by atoms with Gasteiger partial charge in [0.1, 0.15) is 0 Å². The van der Waals surface area contributed by atoms with Crippen molar-refractivity contribution in [3.8, 4) is 0 Å². The molecule has 2 aliphatic heterocycles. The van der Waals surface area contributed by atoms with Gasteiger partial charge >= 0.3 is 0 Å². The predicted molar refractivity (Wildman–Crippen MR) is 82.8 cm³/mol. The van der Waals surface area contributed by atoms with Crippen LogP contribution in [0.1, 0.15) is 19.3 Å². The monoisotopic (exact) mass is 304 g/mol. The first-order chi connectivity index (χ1) is 9.31. The molecular weight excluding hydrogens is 280 g/mol. The maximum Gasteiger partial charge on any atom is 0.236 e. The van der Waals surface area contributed by atoms with Crippen LogP contribution in [0.25, 0.3) is 0 Å². The molecule has 1 amide bonds. The van der Waals surface area contributed by atoms with Gasteiger partial charge in [-0.3, -0.25) is 4.79 Å². The minimum absolute atomic E-state index is 0.188. The lowest BCUT2D eigenvalue weighted by atomic mass is 10.1. The Kier molecular flexibility index (Phi) is 6.84. The third-order valence-corrected chi connectivity index (χ3v) is 6.29. The van der Waals surface area contributed by atoms with Gasteiger partial charge in [-0.05, 0) is 25.8 Å². The zero-order valence-electron chi connectivity index (χ0n) is 11.4. The van der Waals surface area contributed by atoms with Crippen molar-refractivity contribution >= 4 is 29.4 Å². The molecule has 4 nitrogen and oxygen atoms in total. The quantitative estimate of drug-likeness (QED) is 0.773. The highest BCUT2D eigenvalue weighted by atomic mass is 32.2. The van der Waals surface area contributed by atoms with Gasteiger partial charge in [0.2, 0.25) is 5.91 Å². The number of nitrogens with zero attached hydrogens (tertiary/aromatic N) is 1. The molecule has 0 bridgehead atoms. The fourth-order valence-corrected chi connectivity index (χ4v) is 5.04. The number of rotatable bonds is 5. The molecule has 1 atom stereocenters. The maximum absolute atomic E-state index is 12.4. The summed E-state index contributed by atoms with van der Waals surface area (Å²) >= 11 is 3.73. The zero-order valence-corrected chi connectivity index (χ0v) is 13.0. The van der Waals surface area contributed by atoms with E-state index in [-0.39, 0.29) is 5.25 Å². The number of amides is 1. The molecule has 2 heterocycles. The summed E-state index contributed by atoms with van der Waals surface area (Å²) in [6.45, 7) is 3.15. The molecule has 2 fully saturated rings. The lowest BCUT2D eigenvalue weighted by Crippen LogP contribution is -2.46. The first-order valence-electron chi connectivity index (χ1n) is 7.11. The van der Waals surface area contributed by atoms with E-state index in [4.69, 9.17) is 10.5 Å². The van der Waals surface area contributed by atoms with Gasteiger partial charge in [-0.2, -0.15) is 11.8 Å². The number of hydrogen-bond acceptors (Lipinski definition) is 5. The largest absolute Gasteiger partial charge is 0.378 e. The van der Waals surface area contributed by atoms with Gasteiger partial charge in [-0.25, -0.2) is 0 Å². The first kappa shape index (κ1) is 15.5. The van der Waals surface area contributed by atoms with Gasteiger partial charge in [-0.15, -0.1) is 11.8 Å². The SMILES string of the molecule is NCCCOC1CCN(C(=O)C2CSCCS2)CC1. The van der Waals surface area contributed by atoms with Crippen molar-refractivity contribution < 1.29 is 9.53 Å². The summed E-state index contributed by atoms with van der Waals surface area (Å²) in [5, 5.41) is 0.188. The molecule has 0 saturated carbocycles. The van der Waals surface area contributed by atoms with Crippen molar-refractivity contribution in [2.24, 2.45) is 5.73 Å². The third kappa shape index (κ3) is 4.85. The van der Waals surface area contributed by atoms with Gasteiger partial charge in [0.25, 0.3) is 0 Å². The topological polar surface area (TPSA) is 55.6 Å². The molecule has 2 N–H and O–H groups in total. The zero-order chi connectivity index (χ0) is 13.5. The maximum atomic E-state index is 12.4. The first-order valence-corrected chi connectivity index (χ1v) is 9.31. The van der Waals surface area contributed by atoms with Gasteiger partial charge in [0.05, 0.1) is 11.4 Å². The van der Waals surface area contributed by atoms with E-state index in [2.05, 4.69) is 0 Å². The van der Waals surface area contributed by atoms with E-state index in [1.807, 2.05) is 28.4 Å². The van der Waals surface area contributed by atoms with E-state index in [9.17, 15) is 4.79 Å². The second kappa shape index (κ2) is 8.39. The molecule has 2 rings (SSSR count). The highest BCUT2D eigenvalue weighted by molar-refractivity contribution is 8.07. The lowest BCUT2D eigenvalue weighted by molar-refractivity contribution is -0.132. The number of thioether (sulfide) groups is 2. The number of hydrogen-bond donors (Lipinski definition) is 1. The molecule has 1 unspecified atom stereocenters. The minimum Gasteiger partial charge on any atom is -0.378 e. The Hall–Kier alpha value is 0.0900. The van der Waals surface area contributed by atoms with Gasteiger partial charge in [0, 0.05) is 37.0 Å². The summed E-state index contributed by atoms with van der Waals surface area (Å²) in [6.07, 6.45) is 3.19. The second-order valence-electron chi connectivity index (χ2n) is 4.97. The van der Waals surface area contributed by atoms with Crippen molar-refractivity contribution in [1.82, 2.24) is 4.90 Å². The Bertz CT molecular complexity index is 278. The summed E-state index contributed by atoms with van der Waals surface area (Å²) < 4.78 is 5.77. The highest BCUT2D eigenvalue weighted by Gasteiger charge is 2.29. The average molecular weight is 304 g/mol. The van der Waals surface area contributed by atoms with Crippen LogP contribution in [0.2, 0.25) is 0 Å². The predicted octanol–water partition coefficient (Wildman–Crippen LogP) is 1.19. The molecule has 0 aromatic heterocycles. The van der Waals surface area contributed by atoms with Crippen molar-refractivity contribution in [2.45, 2.75) is 30.6 Å². The van der Waals surface area contributed by atoms with E-state index in [1.165, 1.54) is 5.75 Å². The fourth-order valence-electron chi connectivity index (χ4n) is 2.41. The van der Waals surface area contributed by atoms with Gasteiger partial charge in [0.15, 0.2) is 0 Å². The summed E-state index contributed by atoms with van der Waals surface area (Å²) in [7, 11) is 0. The number of likely N-dealkylation sites (tertiary alicyclic amines) is 1. The molecule has 0 aromatic rings. The van der Waals surface area contributed by atoms with E-state index < -0.39 is 0 Å². The Balaban J connectivity index is 1.68. The minimum atomic E-state index is 0.188.